The van der Waals surface area contributed by atoms with Crippen molar-refractivity contribution in [2.45, 2.75) is 34.5 Å². The highest BCUT2D eigenvalue weighted by molar-refractivity contribution is 7.99. The molecule has 0 saturated carbocycles. The molecule has 2 heterocycles. The number of benzene rings is 10. The first-order chi connectivity index (χ1) is 32.0. The minimum Gasteiger partial charge on any atom is -0.208 e. The molecular formula is C61H41N3S. The Bertz CT molecular complexity index is 3660. The van der Waals surface area contributed by atoms with Crippen molar-refractivity contribution in [1.82, 2.24) is 15.0 Å². The van der Waals surface area contributed by atoms with E-state index in [9.17, 15) is 0 Å². The van der Waals surface area contributed by atoms with Crippen LogP contribution in [0, 0.1) is 0 Å². The van der Waals surface area contributed by atoms with Crippen LogP contribution in [0.1, 0.15) is 47.2 Å². The number of nitrogens with zero attached hydrogens (tertiary/aromatic N) is 3. The van der Waals surface area contributed by atoms with E-state index in [1.54, 1.807) is 0 Å². The molecule has 1 spiro atoms. The van der Waals surface area contributed by atoms with Gasteiger partial charge in [0.1, 0.15) is 0 Å². The zero-order chi connectivity index (χ0) is 43.3. The highest BCUT2D eigenvalue weighted by atomic mass is 32.2. The van der Waals surface area contributed by atoms with E-state index in [1.165, 1.54) is 81.1 Å². The van der Waals surface area contributed by atoms with E-state index in [-0.39, 0.29) is 5.41 Å². The van der Waals surface area contributed by atoms with Gasteiger partial charge in [-0.1, -0.05) is 220 Å². The minimum absolute atomic E-state index is 0.354. The predicted octanol–water partition coefficient (Wildman–Crippen LogP) is 15.5. The molecule has 2 aliphatic rings. The van der Waals surface area contributed by atoms with E-state index in [1.807, 2.05) is 30.0 Å². The van der Waals surface area contributed by atoms with Crippen molar-refractivity contribution in [1.29, 1.82) is 0 Å². The molecule has 3 nitrogen and oxygen atoms in total. The summed E-state index contributed by atoms with van der Waals surface area (Å²) >= 11 is 1.88. The lowest BCUT2D eigenvalue weighted by Gasteiger charge is -2.51. The molecule has 0 amide bonds. The van der Waals surface area contributed by atoms with E-state index < -0.39 is 5.41 Å². The van der Waals surface area contributed by atoms with Crippen LogP contribution in [0.3, 0.4) is 0 Å². The second kappa shape index (κ2) is 14.4. The third kappa shape index (κ3) is 5.54. The summed E-state index contributed by atoms with van der Waals surface area (Å²) in [6.07, 6.45) is 0. The lowest BCUT2D eigenvalue weighted by Crippen LogP contribution is -2.43. The summed E-state index contributed by atoms with van der Waals surface area (Å²) in [5, 5.41) is 7.33. The summed E-state index contributed by atoms with van der Waals surface area (Å²) in [6, 6.07) is 77.3. The van der Waals surface area contributed by atoms with E-state index in [0.29, 0.717) is 17.5 Å². The molecule has 1 aliphatic heterocycles. The third-order valence-corrected chi connectivity index (χ3v) is 15.2. The molecule has 0 saturated heterocycles. The van der Waals surface area contributed by atoms with Gasteiger partial charge in [0, 0.05) is 31.9 Å². The molecule has 13 rings (SSSR count). The third-order valence-electron chi connectivity index (χ3n) is 14.0. The highest BCUT2D eigenvalue weighted by Gasteiger charge is 2.52. The van der Waals surface area contributed by atoms with Gasteiger partial charge >= 0.3 is 0 Å². The Hall–Kier alpha value is -7.66. The van der Waals surface area contributed by atoms with Crippen molar-refractivity contribution in [2.75, 3.05) is 0 Å². The summed E-state index contributed by atoms with van der Waals surface area (Å²) in [7, 11) is 0. The molecule has 306 valence electrons. The fourth-order valence-corrected chi connectivity index (χ4v) is 12.5. The second-order valence-electron chi connectivity index (χ2n) is 17.8. The standard InChI is InChI=1S/C61H41N3S/c1-60(2)49-28-12-13-29-50(49)61(51-30-14-16-33-54(51)65-55-34-17-15-31-52(55)61)53-32-18-27-46(56(53)60)44-25-10-11-26-47(44)59-63-57(38-19-4-3-5-20-38)62-58(64-59)39-35-36-45-42-23-7-6-21-40(42)41-22-8-9-24-43(41)48(45)37-39/h3-37H,1-2H3. The van der Waals surface area contributed by atoms with Gasteiger partial charge in [-0.3, -0.25) is 0 Å². The van der Waals surface area contributed by atoms with Gasteiger partial charge in [0.05, 0.1) is 5.41 Å². The van der Waals surface area contributed by atoms with Gasteiger partial charge in [0.25, 0.3) is 0 Å². The molecule has 1 aliphatic carbocycles. The predicted molar refractivity (Wildman–Crippen MR) is 269 cm³/mol. The van der Waals surface area contributed by atoms with Gasteiger partial charge in [0.15, 0.2) is 17.5 Å². The molecule has 65 heavy (non-hydrogen) atoms. The number of fused-ring (bicyclic) bond motifs is 14. The summed E-state index contributed by atoms with van der Waals surface area (Å²) in [5.74, 6) is 1.91. The Labute approximate surface area is 382 Å². The van der Waals surface area contributed by atoms with Crippen LogP contribution < -0.4 is 0 Å². The molecule has 0 bridgehead atoms. The smallest absolute Gasteiger partial charge is 0.164 e. The van der Waals surface area contributed by atoms with Crippen molar-refractivity contribution >= 4 is 44.1 Å². The maximum Gasteiger partial charge on any atom is 0.164 e. The van der Waals surface area contributed by atoms with Crippen LogP contribution in [0.2, 0.25) is 0 Å². The van der Waals surface area contributed by atoms with Crippen LogP contribution in [0.5, 0.6) is 0 Å². The van der Waals surface area contributed by atoms with Gasteiger partial charge in [0.2, 0.25) is 0 Å². The Balaban J connectivity index is 1.07. The lowest BCUT2D eigenvalue weighted by molar-refractivity contribution is 0.550. The Morgan fingerprint density at radius 3 is 1.45 bits per heavy atom. The van der Waals surface area contributed by atoms with Crippen LogP contribution >= 0.6 is 11.8 Å². The molecule has 4 heteroatoms. The highest BCUT2D eigenvalue weighted by Crippen LogP contribution is 2.62. The number of aromatic nitrogens is 3. The maximum absolute atomic E-state index is 5.44. The van der Waals surface area contributed by atoms with Crippen LogP contribution in [0.15, 0.2) is 222 Å². The molecule has 0 radical (unpaired) electrons. The molecule has 11 aromatic rings. The Morgan fingerprint density at radius 1 is 0.323 bits per heavy atom. The van der Waals surface area contributed by atoms with Crippen LogP contribution in [0.25, 0.3) is 77.6 Å². The quantitative estimate of drug-likeness (QED) is 0.165. The largest absolute Gasteiger partial charge is 0.208 e. The lowest BCUT2D eigenvalue weighted by atomic mass is 9.53. The Morgan fingerprint density at radius 2 is 0.785 bits per heavy atom. The molecule has 10 aromatic carbocycles. The monoisotopic (exact) mass is 847 g/mol. The van der Waals surface area contributed by atoms with Crippen molar-refractivity contribution in [2.24, 2.45) is 0 Å². The molecular weight excluding hydrogens is 807 g/mol. The minimum atomic E-state index is -0.531. The first-order valence-electron chi connectivity index (χ1n) is 22.4. The van der Waals surface area contributed by atoms with Gasteiger partial charge in [-0.15, -0.1) is 0 Å². The second-order valence-corrected chi connectivity index (χ2v) is 18.9. The average Bonchev–Trinajstić information content (AvgIpc) is 3.37. The van der Waals surface area contributed by atoms with Gasteiger partial charge in [-0.25, -0.2) is 15.0 Å². The van der Waals surface area contributed by atoms with Gasteiger partial charge in [-0.05, 0) is 95.0 Å². The zero-order valence-electron chi connectivity index (χ0n) is 36.0. The van der Waals surface area contributed by atoms with E-state index in [4.69, 9.17) is 15.0 Å². The molecule has 1 aromatic heterocycles. The normalized spacial score (nSPS) is 14.2. The van der Waals surface area contributed by atoms with Gasteiger partial charge < -0.3 is 0 Å². The van der Waals surface area contributed by atoms with Crippen LogP contribution in [-0.2, 0) is 10.8 Å². The Kier molecular flexibility index (Phi) is 8.41. The molecule has 0 fully saturated rings. The first kappa shape index (κ1) is 37.9. The average molecular weight is 848 g/mol. The topological polar surface area (TPSA) is 38.7 Å². The number of hydrogen-bond donors (Lipinski definition) is 0. The number of rotatable bonds is 4. The number of hydrogen-bond acceptors (Lipinski definition) is 4. The summed E-state index contributed by atoms with van der Waals surface area (Å²) in [6.45, 7) is 4.81. The maximum atomic E-state index is 5.44. The summed E-state index contributed by atoms with van der Waals surface area (Å²) in [4.78, 5) is 18.6. The van der Waals surface area contributed by atoms with Crippen molar-refractivity contribution in [3.05, 3.63) is 246 Å². The van der Waals surface area contributed by atoms with Gasteiger partial charge in [-0.2, -0.15) is 0 Å². The van der Waals surface area contributed by atoms with E-state index >= 15 is 0 Å². The molecule has 0 N–H and O–H groups in total. The fourth-order valence-electron chi connectivity index (χ4n) is 11.3. The van der Waals surface area contributed by atoms with Crippen molar-refractivity contribution < 1.29 is 0 Å². The SMILES string of the molecule is CC1(C)c2ccccc2C2(c3ccccc3Sc3ccccc32)c2cccc(-c3ccccc3-c3nc(-c4ccccc4)nc(-c4ccc5c6ccccc6c6ccccc6c5c4)n3)c21. The molecule has 0 unspecified atom stereocenters. The van der Waals surface area contributed by atoms with Crippen LogP contribution in [0.4, 0.5) is 0 Å². The van der Waals surface area contributed by atoms with E-state index in [2.05, 4.69) is 208 Å². The molecule has 0 atom stereocenters. The fraction of sp³-hybridized carbons (Fsp3) is 0.0656. The summed E-state index contributed by atoms with van der Waals surface area (Å²) in [5.41, 5.74) is 12.2. The summed E-state index contributed by atoms with van der Waals surface area (Å²) < 4.78 is 0. The van der Waals surface area contributed by atoms with Crippen molar-refractivity contribution in [3.63, 3.8) is 0 Å². The first-order valence-corrected chi connectivity index (χ1v) is 23.2. The van der Waals surface area contributed by atoms with E-state index in [0.717, 1.165) is 22.3 Å². The van der Waals surface area contributed by atoms with Crippen LogP contribution in [-0.4, -0.2) is 15.0 Å². The zero-order valence-corrected chi connectivity index (χ0v) is 36.8. The van der Waals surface area contributed by atoms with Crippen molar-refractivity contribution in [3.8, 4) is 45.3 Å².